The topological polar surface area (TPSA) is 119 Å². The van der Waals surface area contributed by atoms with Crippen LogP contribution in [0.3, 0.4) is 0 Å². The van der Waals surface area contributed by atoms with E-state index in [2.05, 4.69) is 0 Å². The molecule has 0 amide bonds. The van der Waals surface area contributed by atoms with Crippen molar-refractivity contribution >= 4 is 27.5 Å². The monoisotopic (exact) mass is 480 g/mol. The Morgan fingerprint density at radius 2 is 1.32 bits per heavy atom. The summed E-state index contributed by atoms with van der Waals surface area (Å²) in [4.78, 5) is 10.4. The Bertz CT molecular complexity index is 948. The third-order valence-electron chi connectivity index (χ3n) is 3.75. The summed E-state index contributed by atoms with van der Waals surface area (Å²) in [6.07, 6.45) is 0.161. The van der Waals surface area contributed by atoms with Crippen LogP contribution in [0.2, 0.25) is 0 Å². The van der Waals surface area contributed by atoms with Crippen molar-refractivity contribution in [1.82, 2.24) is 0 Å². The SMILES string of the molecule is O=C([O-])CCCOc1ccc2c([O-])c3cc([O-])ccc3c([O-])c2c1.[K+].[K+].[K+].[K+]. The molecule has 0 spiro atoms. The second-order valence-corrected chi connectivity index (χ2v) is 5.40. The first kappa shape index (κ1) is 33.6. The van der Waals surface area contributed by atoms with Crippen molar-refractivity contribution in [2.45, 2.75) is 12.8 Å². The van der Waals surface area contributed by atoms with Crippen molar-refractivity contribution in [1.29, 1.82) is 0 Å². The maximum Gasteiger partial charge on any atom is 1.00 e. The number of rotatable bonds is 5. The van der Waals surface area contributed by atoms with Gasteiger partial charge in [0, 0.05) is 5.97 Å². The molecular formula is C18H12K4O6. The summed E-state index contributed by atoms with van der Waals surface area (Å²) in [6, 6.07) is 8.24. The molecule has 10 heteroatoms. The Morgan fingerprint density at radius 1 is 0.786 bits per heavy atom. The third kappa shape index (κ3) is 8.63. The van der Waals surface area contributed by atoms with Crippen LogP contribution in [-0.4, -0.2) is 12.6 Å². The summed E-state index contributed by atoms with van der Waals surface area (Å²) in [5, 5.41) is 47.5. The molecule has 0 bridgehead atoms. The molecule has 0 aliphatic rings. The Balaban J connectivity index is 0. The fourth-order valence-electron chi connectivity index (χ4n) is 2.60. The maximum atomic E-state index is 12.5. The number of carboxylic acids is 1. The third-order valence-corrected chi connectivity index (χ3v) is 3.75. The molecule has 0 atom stereocenters. The van der Waals surface area contributed by atoms with E-state index in [-0.39, 0.29) is 264 Å². The van der Waals surface area contributed by atoms with Crippen LogP contribution in [0.1, 0.15) is 12.8 Å². The van der Waals surface area contributed by atoms with Crippen molar-refractivity contribution in [3.8, 4) is 23.0 Å². The van der Waals surface area contributed by atoms with Crippen molar-refractivity contribution in [2.24, 2.45) is 0 Å². The Hall–Kier alpha value is 3.40. The molecule has 3 aromatic rings. The number of fused-ring (bicyclic) bond motifs is 2. The van der Waals surface area contributed by atoms with Crippen molar-refractivity contribution < 1.29 is 235 Å². The van der Waals surface area contributed by atoms with Gasteiger partial charge in [-0.2, -0.15) is 0 Å². The molecule has 28 heavy (non-hydrogen) atoms. The van der Waals surface area contributed by atoms with E-state index in [0.29, 0.717) is 5.75 Å². The minimum Gasteiger partial charge on any atom is -0.872 e. The smallest absolute Gasteiger partial charge is 0.872 e. The van der Waals surface area contributed by atoms with Gasteiger partial charge in [-0.1, -0.05) is 35.8 Å². The molecule has 0 saturated heterocycles. The number of carbonyl (C=O) groups is 1. The first-order valence-electron chi connectivity index (χ1n) is 7.34. The van der Waals surface area contributed by atoms with E-state index in [9.17, 15) is 25.2 Å². The molecule has 0 N–H and O–H groups in total. The zero-order valence-corrected chi connectivity index (χ0v) is 29.0. The van der Waals surface area contributed by atoms with Gasteiger partial charge in [0.15, 0.2) is 0 Å². The minimum absolute atomic E-state index is 0. The van der Waals surface area contributed by atoms with E-state index in [1.807, 2.05) is 0 Å². The summed E-state index contributed by atoms with van der Waals surface area (Å²) in [7, 11) is 0. The van der Waals surface area contributed by atoms with Gasteiger partial charge in [0.05, 0.1) is 6.61 Å². The molecule has 0 aliphatic heterocycles. The van der Waals surface area contributed by atoms with Crippen molar-refractivity contribution in [3.05, 3.63) is 36.4 Å². The zero-order chi connectivity index (χ0) is 17.3. The van der Waals surface area contributed by atoms with Crippen LogP contribution in [0.15, 0.2) is 36.4 Å². The minimum atomic E-state index is -1.15. The summed E-state index contributed by atoms with van der Waals surface area (Å²) in [5.74, 6) is -1.83. The summed E-state index contributed by atoms with van der Waals surface area (Å²) in [6.45, 7) is 0.158. The second-order valence-electron chi connectivity index (χ2n) is 5.40. The van der Waals surface area contributed by atoms with Crippen molar-refractivity contribution in [3.63, 3.8) is 0 Å². The van der Waals surface area contributed by atoms with Crippen LogP contribution in [0.25, 0.3) is 21.5 Å². The molecule has 124 valence electrons. The number of carboxylic acid groups (broad SMARTS) is 1. The van der Waals surface area contributed by atoms with Crippen LogP contribution < -0.4 is 231 Å². The molecule has 6 nitrogen and oxygen atoms in total. The molecule has 0 aliphatic carbocycles. The summed E-state index contributed by atoms with van der Waals surface area (Å²) < 4.78 is 5.41. The first-order chi connectivity index (χ1) is 11.5. The molecule has 0 heterocycles. The Kier molecular flexibility index (Phi) is 19.3. The quantitative estimate of drug-likeness (QED) is 0.203. The van der Waals surface area contributed by atoms with Crippen LogP contribution in [0.4, 0.5) is 0 Å². The summed E-state index contributed by atoms with van der Waals surface area (Å²) in [5.41, 5.74) is 0. The van der Waals surface area contributed by atoms with Gasteiger partial charge in [-0.05, 0) is 46.5 Å². The van der Waals surface area contributed by atoms with E-state index in [1.165, 1.54) is 36.4 Å². The van der Waals surface area contributed by atoms with E-state index >= 15 is 0 Å². The number of aliphatic carboxylic acids is 1. The maximum absolute atomic E-state index is 12.5. The number of ether oxygens (including phenoxy) is 1. The predicted molar refractivity (Wildman–Crippen MR) is 79.5 cm³/mol. The number of hydrogen-bond donors (Lipinski definition) is 0. The molecule has 3 rings (SSSR count). The fourth-order valence-corrected chi connectivity index (χ4v) is 2.60. The zero-order valence-electron chi connectivity index (χ0n) is 16.5. The summed E-state index contributed by atoms with van der Waals surface area (Å²) >= 11 is 0. The van der Waals surface area contributed by atoms with Crippen LogP contribution >= 0.6 is 0 Å². The van der Waals surface area contributed by atoms with Gasteiger partial charge in [0.25, 0.3) is 0 Å². The molecule has 0 unspecified atom stereocenters. The number of benzene rings is 3. The molecule has 3 aromatic carbocycles. The van der Waals surface area contributed by atoms with Gasteiger partial charge >= 0.3 is 206 Å². The number of carbonyl (C=O) groups excluding carboxylic acids is 1. The van der Waals surface area contributed by atoms with E-state index < -0.39 is 5.97 Å². The van der Waals surface area contributed by atoms with Gasteiger partial charge in [-0.25, -0.2) is 0 Å². The van der Waals surface area contributed by atoms with Crippen LogP contribution in [0.5, 0.6) is 23.0 Å². The molecule has 0 aromatic heterocycles. The van der Waals surface area contributed by atoms with E-state index in [1.54, 1.807) is 0 Å². The molecule has 0 radical (unpaired) electrons. The predicted octanol–water partition coefficient (Wildman–Crippen LogP) is -11.9. The van der Waals surface area contributed by atoms with Gasteiger partial charge < -0.3 is 30.0 Å². The molecule has 0 fully saturated rings. The van der Waals surface area contributed by atoms with E-state index in [4.69, 9.17) is 4.74 Å². The molecular weight excluding hydrogens is 469 g/mol. The largest absolute Gasteiger partial charge is 1.00 e. The van der Waals surface area contributed by atoms with Gasteiger partial charge in [0.1, 0.15) is 5.75 Å². The van der Waals surface area contributed by atoms with Crippen molar-refractivity contribution in [2.75, 3.05) is 6.61 Å². The Morgan fingerprint density at radius 3 is 1.89 bits per heavy atom. The Labute approximate surface area is 332 Å². The van der Waals surface area contributed by atoms with Crippen LogP contribution in [-0.2, 0) is 4.79 Å². The van der Waals surface area contributed by atoms with Gasteiger partial charge in [-0.15, -0.1) is 5.75 Å². The fraction of sp³-hybridized carbons (Fsp3) is 0.167. The second kappa shape index (κ2) is 16.1. The van der Waals surface area contributed by atoms with Gasteiger partial charge in [0.2, 0.25) is 0 Å². The van der Waals surface area contributed by atoms with Crippen LogP contribution in [0, 0.1) is 0 Å². The standard InChI is InChI=1S/C18H16O6.4K/c19-10-3-5-12-14(8-10)17(22)13-6-4-11(9-15(13)18(12)23)24-7-1-2-16(20)21;;;;/h3-6,8-9,19,22-23H,1-2,7H2,(H,20,21);;;;/q;4*+1/p-4. The number of hydrogen-bond acceptors (Lipinski definition) is 6. The van der Waals surface area contributed by atoms with Gasteiger partial charge in [-0.3, -0.25) is 0 Å². The molecule has 0 saturated carbocycles. The first-order valence-corrected chi connectivity index (χ1v) is 7.34. The average Bonchev–Trinajstić information content (AvgIpc) is 2.56. The average molecular weight is 481 g/mol. The van der Waals surface area contributed by atoms with E-state index in [0.717, 1.165) is 0 Å². The normalized spacial score (nSPS) is 9.43.